The summed E-state index contributed by atoms with van der Waals surface area (Å²) in [6.07, 6.45) is 3.51. The molecule has 3 rings (SSSR count). The maximum atomic E-state index is 12.5. The van der Waals surface area contributed by atoms with Crippen LogP contribution in [-0.4, -0.2) is 13.4 Å². The van der Waals surface area contributed by atoms with Crippen LogP contribution in [0.25, 0.3) is 11.1 Å². The van der Waals surface area contributed by atoms with Crippen molar-refractivity contribution in [1.82, 2.24) is 4.98 Å². The smallest absolute Gasteiger partial charge is 0.261 e. The van der Waals surface area contributed by atoms with Gasteiger partial charge in [0, 0.05) is 33.7 Å². The predicted molar refractivity (Wildman–Crippen MR) is 102 cm³/mol. The average Bonchev–Trinajstić information content (AvgIpc) is 2.55. The van der Waals surface area contributed by atoms with E-state index in [2.05, 4.69) is 9.71 Å². The molecule has 128 valence electrons. The van der Waals surface area contributed by atoms with Crippen LogP contribution in [0.5, 0.6) is 0 Å². The lowest BCUT2D eigenvalue weighted by Crippen LogP contribution is -2.12. The zero-order valence-corrected chi connectivity index (χ0v) is 15.5. The number of pyridine rings is 1. The molecule has 3 aromatic rings. The van der Waals surface area contributed by atoms with Gasteiger partial charge >= 0.3 is 0 Å². The number of nitrogens with zero attached hydrogens (tertiary/aromatic N) is 1. The molecular formula is C18H14Cl2N2O2S. The summed E-state index contributed by atoms with van der Waals surface area (Å²) in [6.45, 7) is 2.00. The van der Waals surface area contributed by atoms with E-state index in [0.29, 0.717) is 5.69 Å². The maximum Gasteiger partial charge on any atom is 0.261 e. The fraction of sp³-hybridized carbons (Fsp3) is 0.0556. The summed E-state index contributed by atoms with van der Waals surface area (Å²) in [6, 6.07) is 13.2. The minimum atomic E-state index is -3.78. The fourth-order valence-electron chi connectivity index (χ4n) is 2.38. The molecule has 0 radical (unpaired) electrons. The molecule has 0 amide bonds. The summed E-state index contributed by atoms with van der Waals surface area (Å²) in [5.74, 6) is 0. The SMILES string of the molecule is Cc1ccncc1-c1ccc(NS(=O)(=O)c2cc(Cl)cc(Cl)c2)cc1. The maximum absolute atomic E-state index is 12.5. The standard InChI is InChI=1S/C18H14Cl2N2O2S/c1-12-6-7-21-11-18(12)13-2-4-16(5-3-13)22-25(23,24)17-9-14(19)8-15(20)10-17/h2-11,22H,1H3. The lowest BCUT2D eigenvalue weighted by Gasteiger charge is -2.10. The number of sulfonamides is 1. The molecule has 0 fully saturated rings. The van der Waals surface area contributed by atoms with Gasteiger partial charge in [-0.15, -0.1) is 0 Å². The van der Waals surface area contributed by atoms with E-state index in [9.17, 15) is 8.42 Å². The number of benzene rings is 2. The molecule has 0 atom stereocenters. The molecule has 0 bridgehead atoms. The van der Waals surface area contributed by atoms with Crippen LogP contribution in [0, 0.1) is 6.92 Å². The highest BCUT2D eigenvalue weighted by Crippen LogP contribution is 2.26. The third kappa shape index (κ3) is 4.12. The number of hydrogen-bond donors (Lipinski definition) is 1. The van der Waals surface area contributed by atoms with Gasteiger partial charge in [-0.25, -0.2) is 8.42 Å². The molecule has 0 saturated heterocycles. The third-order valence-electron chi connectivity index (χ3n) is 3.63. The number of aromatic nitrogens is 1. The second kappa shape index (κ2) is 7.04. The van der Waals surface area contributed by atoms with Crippen LogP contribution in [0.4, 0.5) is 5.69 Å². The molecule has 1 heterocycles. The van der Waals surface area contributed by atoms with Gasteiger partial charge in [0.15, 0.2) is 0 Å². The van der Waals surface area contributed by atoms with Crippen LogP contribution in [-0.2, 0) is 10.0 Å². The van der Waals surface area contributed by atoms with E-state index in [1.165, 1.54) is 18.2 Å². The summed E-state index contributed by atoms with van der Waals surface area (Å²) in [5.41, 5.74) is 3.50. The van der Waals surface area contributed by atoms with Crippen molar-refractivity contribution >= 4 is 38.9 Å². The van der Waals surface area contributed by atoms with E-state index in [-0.39, 0.29) is 14.9 Å². The Morgan fingerprint density at radius 1 is 0.960 bits per heavy atom. The Morgan fingerprint density at radius 2 is 1.60 bits per heavy atom. The molecule has 25 heavy (non-hydrogen) atoms. The Kier molecular flexibility index (Phi) is 4.99. The molecule has 7 heteroatoms. The van der Waals surface area contributed by atoms with Crippen molar-refractivity contribution in [2.45, 2.75) is 11.8 Å². The third-order valence-corrected chi connectivity index (χ3v) is 5.43. The van der Waals surface area contributed by atoms with Crippen molar-refractivity contribution in [2.75, 3.05) is 4.72 Å². The first-order valence-corrected chi connectivity index (χ1v) is 9.59. The van der Waals surface area contributed by atoms with Gasteiger partial charge in [0.05, 0.1) is 4.90 Å². The van der Waals surface area contributed by atoms with Crippen molar-refractivity contribution < 1.29 is 8.42 Å². The Morgan fingerprint density at radius 3 is 2.20 bits per heavy atom. The Balaban J connectivity index is 1.87. The fourth-order valence-corrected chi connectivity index (χ4v) is 4.17. The van der Waals surface area contributed by atoms with Gasteiger partial charge in [-0.1, -0.05) is 35.3 Å². The summed E-state index contributed by atoms with van der Waals surface area (Å²) < 4.78 is 27.5. The molecular weight excluding hydrogens is 379 g/mol. The van der Waals surface area contributed by atoms with Crippen LogP contribution in [0.1, 0.15) is 5.56 Å². The first-order chi connectivity index (χ1) is 11.8. The largest absolute Gasteiger partial charge is 0.280 e. The van der Waals surface area contributed by atoms with Crippen molar-refractivity contribution in [3.8, 4) is 11.1 Å². The number of rotatable bonds is 4. The molecule has 0 spiro atoms. The van der Waals surface area contributed by atoms with Gasteiger partial charge in [-0.3, -0.25) is 9.71 Å². The quantitative estimate of drug-likeness (QED) is 0.666. The number of nitrogens with one attached hydrogen (secondary N) is 1. The average molecular weight is 393 g/mol. The first kappa shape index (κ1) is 17.7. The number of anilines is 1. The summed E-state index contributed by atoms with van der Waals surface area (Å²) in [4.78, 5) is 4.13. The van der Waals surface area contributed by atoms with E-state index >= 15 is 0 Å². The van der Waals surface area contributed by atoms with Gasteiger partial charge in [0.1, 0.15) is 0 Å². The molecule has 0 saturated carbocycles. The Bertz CT molecular complexity index is 999. The van der Waals surface area contributed by atoms with Gasteiger partial charge in [-0.05, 0) is 54.4 Å². The summed E-state index contributed by atoms with van der Waals surface area (Å²) in [7, 11) is -3.78. The van der Waals surface area contributed by atoms with Gasteiger partial charge < -0.3 is 0 Å². The minimum Gasteiger partial charge on any atom is -0.280 e. The molecule has 0 aliphatic heterocycles. The van der Waals surface area contributed by atoms with Crippen LogP contribution in [0.15, 0.2) is 65.8 Å². The van der Waals surface area contributed by atoms with E-state index in [0.717, 1.165) is 16.7 Å². The van der Waals surface area contributed by atoms with Crippen molar-refractivity contribution in [3.05, 3.63) is 76.5 Å². The van der Waals surface area contributed by atoms with Crippen molar-refractivity contribution in [2.24, 2.45) is 0 Å². The molecule has 0 aliphatic rings. The Labute approximate surface area is 156 Å². The van der Waals surface area contributed by atoms with E-state index in [1.807, 2.05) is 25.1 Å². The second-order valence-electron chi connectivity index (χ2n) is 5.48. The summed E-state index contributed by atoms with van der Waals surface area (Å²) >= 11 is 11.8. The zero-order chi connectivity index (χ0) is 18.0. The van der Waals surface area contributed by atoms with Gasteiger partial charge in [0.25, 0.3) is 10.0 Å². The lowest BCUT2D eigenvalue weighted by molar-refractivity contribution is 0.601. The van der Waals surface area contributed by atoms with Crippen LogP contribution >= 0.6 is 23.2 Å². The van der Waals surface area contributed by atoms with Crippen LogP contribution < -0.4 is 4.72 Å². The predicted octanol–water partition coefficient (Wildman–Crippen LogP) is 5.16. The molecule has 0 aliphatic carbocycles. The van der Waals surface area contributed by atoms with E-state index < -0.39 is 10.0 Å². The zero-order valence-electron chi connectivity index (χ0n) is 13.2. The van der Waals surface area contributed by atoms with E-state index in [4.69, 9.17) is 23.2 Å². The van der Waals surface area contributed by atoms with Crippen molar-refractivity contribution in [3.63, 3.8) is 0 Å². The normalized spacial score (nSPS) is 11.3. The molecule has 1 aromatic heterocycles. The molecule has 0 unspecified atom stereocenters. The highest BCUT2D eigenvalue weighted by Gasteiger charge is 2.16. The molecule has 1 N–H and O–H groups in total. The van der Waals surface area contributed by atoms with Crippen LogP contribution in [0.3, 0.4) is 0 Å². The highest BCUT2D eigenvalue weighted by atomic mass is 35.5. The van der Waals surface area contributed by atoms with Gasteiger partial charge in [0.2, 0.25) is 0 Å². The number of halogens is 2. The Hall–Kier alpha value is -2.08. The monoisotopic (exact) mass is 392 g/mol. The first-order valence-electron chi connectivity index (χ1n) is 7.35. The highest BCUT2D eigenvalue weighted by molar-refractivity contribution is 7.92. The molecule has 4 nitrogen and oxygen atoms in total. The molecule has 2 aromatic carbocycles. The summed E-state index contributed by atoms with van der Waals surface area (Å²) in [5, 5.41) is 0.519. The van der Waals surface area contributed by atoms with Crippen LogP contribution in [0.2, 0.25) is 10.0 Å². The number of hydrogen-bond acceptors (Lipinski definition) is 3. The number of aryl methyl sites for hydroxylation is 1. The topological polar surface area (TPSA) is 59.1 Å². The second-order valence-corrected chi connectivity index (χ2v) is 8.03. The lowest BCUT2D eigenvalue weighted by atomic mass is 10.0. The minimum absolute atomic E-state index is 0.0113. The van der Waals surface area contributed by atoms with Crippen molar-refractivity contribution in [1.29, 1.82) is 0 Å². The van der Waals surface area contributed by atoms with Gasteiger partial charge in [-0.2, -0.15) is 0 Å². The van der Waals surface area contributed by atoms with E-state index in [1.54, 1.807) is 24.5 Å².